The number of halogens is 1. The largest absolute Gasteiger partial charge is 0.390 e. The Bertz CT molecular complexity index is 213. The molecule has 2 N–H and O–H groups in total. The summed E-state index contributed by atoms with van der Waals surface area (Å²) in [7, 11) is 0. The molecule has 0 amide bonds. The van der Waals surface area contributed by atoms with Crippen molar-refractivity contribution in [2.75, 3.05) is 6.67 Å². The van der Waals surface area contributed by atoms with Crippen LogP contribution in [0, 0.1) is 0 Å². The van der Waals surface area contributed by atoms with Crippen LogP contribution in [0.25, 0.3) is 0 Å². The zero-order valence-corrected chi connectivity index (χ0v) is 7.30. The third-order valence-electron chi connectivity index (χ3n) is 1.55. The van der Waals surface area contributed by atoms with Crippen molar-refractivity contribution < 1.29 is 14.6 Å². The molecule has 68 valence electrons. The van der Waals surface area contributed by atoms with Gasteiger partial charge in [0.05, 0.1) is 12.2 Å². The van der Waals surface area contributed by atoms with Gasteiger partial charge in [0, 0.05) is 11.3 Å². The smallest absolute Gasteiger partial charge is 0.115 e. The van der Waals surface area contributed by atoms with E-state index < -0.39 is 18.9 Å². The summed E-state index contributed by atoms with van der Waals surface area (Å²) in [6.45, 7) is -0.803. The average molecular weight is 190 g/mol. The van der Waals surface area contributed by atoms with Gasteiger partial charge in [-0.15, -0.1) is 11.3 Å². The first kappa shape index (κ1) is 9.64. The molecule has 1 aromatic heterocycles. The minimum atomic E-state index is -1.05. The molecule has 0 aliphatic carbocycles. The van der Waals surface area contributed by atoms with Gasteiger partial charge >= 0.3 is 0 Å². The molecule has 1 rings (SSSR count). The van der Waals surface area contributed by atoms with E-state index >= 15 is 0 Å². The molecule has 2 unspecified atom stereocenters. The monoisotopic (exact) mass is 190 g/mol. The number of aliphatic hydroxyl groups is 2. The van der Waals surface area contributed by atoms with Crippen molar-refractivity contribution in [1.82, 2.24) is 0 Å². The van der Waals surface area contributed by atoms with Crippen LogP contribution >= 0.6 is 11.3 Å². The lowest BCUT2D eigenvalue weighted by Gasteiger charge is -2.10. The molecule has 0 aromatic carbocycles. The summed E-state index contributed by atoms with van der Waals surface area (Å²) in [4.78, 5) is 0.766. The third kappa shape index (κ3) is 2.55. The van der Waals surface area contributed by atoms with Crippen molar-refractivity contribution in [2.24, 2.45) is 0 Å². The summed E-state index contributed by atoms with van der Waals surface area (Å²) in [6.07, 6.45) is -1.73. The third-order valence-corrected chi connectivity index (χ3v) is 2.52. The second-order valence-corrected chi connectivity index (χ2v) is 3.55. The minimum absolute atomic E-state index is 0.0665. The minimum Gasteiger partial charge on any atom is -0.390 e. The zero-order valence-electron chi connectivity index (χ0n) is 6.48. The quantitative estimate of drug-likeness (QED) is 0.755. The fraction of sp³-hybridized carbons (Fsp3) is 0.500. The van der Waals surface area contributed by atoms with Gasteiger partial charge in [0.1, 0.15) is 6.67 Å². The molecule has 0 aliphatic rings. The van der Waals surface area contributed by atoms with Crippen molar-refractivity contribution in [1.29, 1.82) is 0 Å². The predicted molar refractivity (Wildman–Crippen MR) is 45.9 cm³/mol. The van der Waals surface area contributed by atoms with Gasteiger partial charge in [-0.25, -0.2) is 4.39 Å². The summed E-state index contributed by atoms with van der Waals surface area (Å²) in [6, 6.07) is 3.57. The van der Waals surface area contributed by atoms with Crippen molar-refractivity contribution in [3.05, 3.63) is 22.4 Å². The Morgan fingerprint density at radius 3 is 2.75 bits per heavy atom. The highest BCUT2D eigenvalue weighted by atomic mass is 32.1. The highest BCUT2D eigenvalue weighted by Crippen LogP contribution is 2.22. The molecule has 2 nitrogen and oxygen atoms in total. The normalized spacial score (nSPS) is 15.9. The summed E-state index contributed by atoms with van der Waals surface area (Å²) in [5.74, 6) is 0. The Morgan fingerprint density at radius 2 is 2.25 bits per heavy atom. The van der Waals surface area contributed by atoms with Crippen LogP contribution in [0.1, 0.15) is 17.4 Å². The number of alkyl halides is 1. The van der Waals surface area contributed by atoms with E-state index in [0.717, 1.165) is 4.88 Å². The maximum Gasteiger partial charge on any atom is 0.115 e. The van der Waals surface area contributed by atoms with Gasteiger partial charge in [-0.2, -0.15) is 0 Å². The Labute approximate surface area is 74.3 Å². The van der Waals surface area contributed by atoms with Crippen LogP contribution in [0.4, 0.5) is 4.39 Å². The molecule has 0 spiro atoms. The topological polar surface area (TPSA) is 40.5 Å². The number of rotatable bonds is 4. The summed E-state index contributed by atoms with van der Waals surface area (Å²) >= 11 is 1.40. The van der Waals surface area contributed by atoms with Crippen LogP contribution in [0.5, 0.6) is 0 Å². The van der Waals surface area contributed by atoms with Crippen LogP contribution in [-0.4, -0.2) is 23.0 Å². The van der Waals surface area contributed by atoms with Gasteiger partial charge in [-0.3, -0.25) is 0 Å². The van der Waals surface area contributed by atoms with Crippen molar-refractivity contribution >= 4 is 11.3 Å². The van der Waals surface area contributed by atoms with Gasteiger partial charge in [0.25, 0.3) is 0 Å². The highest BCUT2D eigenvalue weighted by Gasteiger charge is 2.13. The lowest BCUT2D eigenvalue weighted by molar-refractivity contribution is 0.0662. The van der Waals surface area contributed by atoms with Crippen molar-refractivity contribution in [3.8, 4) is 0 Å². The standard InChI is InChI=1S/C8H11FO2S/c9-5-6(10)4-7(11)8-2-1-3-12-8/h1-3,6-7,10-11H,4-5H2. The molecule has 0 radical (unpaired) electrons. The SMILES string of the molecule is OC(CF)CC(O)c1cccs1. The summed E-state index contributed by atoms with van der Waals surface area (Å²) in [5.41, 5.74) is 0. The van der Waals surface area contributed by atoms with E-state index in [9.17, 15) is 9.50 Å². The lowest BCUT2D eigenvalue weighted by atomic mass is 10.1. The molecule has 4 heteroatoms. The van der Waals surface area contributed by atoms with E-state index in [1.54, 1.807) is 6.07 Å². The molecule has 12 heavy (non-hydrogen) atoms. The highest BCUT2D eigenvalue weighted by molar-refractivity contribution is 7.10. The Kier molecular flexibility index (Phi) is 3.65. The molecule has 0 saturated heterocycles. The van der Waals surface area contributed by atoms with E-state index in [2.05, 4.69) is 0 Å². The van der Waals surface area contributed by atoms with E-state index in [1.807, 2.05) is 11.4 Å². The average Bonchev–Trinajstić information content (AvgIpc) is 2.56. The summed E-state index contributed by atoms with van der Waals surface area (Å²) < 4.78 is 11.8. The number of aliphatic hydroxyl groups excluding tert-OH is 2. The Balaban J connectivity index is 2.44. The molecule has 0 aliphatic heterocycles. The van der Waals surface area contributed by atoms with E-state index in [-0.39, 0.29) is 6.42 Å². The molecule has 0 saturated carbocycles. The lowest BCUT2D eigenvalue weighted by Crippen LogP contribution is -2.13. The first-order chi connectivity index (χ1) is 5.74. The van der Waals surface area contributed by atoms with Crippen LogP contribution in [0.15, 0.2) is 17.5 Å². The van der Waals surface area contributed by atoms with E-state index in [0.29, 0.717) is 0 Å². The first-order valence-electron chi connectivity index (χ1n) is 3.69. The fourth-order valence-electron chi connectivity index (χ4n) is 0.918. The maximum absolute atomic E-state index is 11.8. The van der Waals surface area contributed by atoms with Crippen LogP contribution < -0.4 is 0 Å². The molecular weight excluding hydrogens is 179 g/mol. The molecule has 1 heterocycles. The van der Waals surface area contributed by atoms with Crippen LogP contribution in [0.3, 0.4) is 0 Å². The second-order valence-electron chi connectivity index (χ2n) is 2.58. The van der Waals surface area contributed by atoms with Crippen LogP contribution in [-0.2, 0) is 0 Å². The van der Waals surface area contributed by atoms with E-state index in [4.69, 9.17) is 5.11 Å². The van der Waals surface area contributed by atoms with Crippen molar-refractivity contribution in [3.63, 3.8) is 0 Å². The molecule has 0 fully saturated rings. The van der Waals surface area contributed by atoms with Gasteiger partial charge in [0.2, 0.25) is 0 Å². The van der Waals surface area contributed by atoms with Gasteiger partial charge in [0.15, 0.2) is 0 Å². The summed E-state index contributed by atoms with van der Waals surface area (Å²) in [5, 5.41) is 20.1. The number of hydrogen-bond acceptors (Lipinski definition) is 3. The Morgan fingerprint density at radius 1 is 1.50 bits per heavy atom. The van der Waals surface area contributed by atoms with Gasteiger partial charge < -0.3 is 10.2 Å². The van der Waals surface area contributed by atoms with E-state index in [1.165, 1.54) is 11.3 Å². The first-order valence-corrected chi connectivity index (χ1v) is 4.57. The Hall–Kier alpha value is -0.450. The van der Waals surface area contributed by atoms with Gasteiger partial charge in [-0.05, 0) is 11.4 Å². The number of hydrogen-bond donors (Lipinski definition) is 2. The molecule has 2 atom stereocenters. The number of thiophene rings is 1. The maximum atomic E-state index is 11.8. The zero-order chi connectivity index (χ0) is 8.97. The van der Waals surface area contributed by atoms with Crippen LogP contribution in [0.2, 0.25) is 0 Å². The molecule has 0 bridgehead atoms. The molecular formula is C8H11FO2S. The van der Waals surface area contributed by atoms with Gasteiger partial charge in [-0.1, -0.05) is 6.07 Å². The molecule has 1 aromatic rings. The van der Waals surface area contributed by atoms with Crippen molar-refractivity contribution in [2.45, 2.75) is 18.6 Å². The predicted octanol–water partition coefficient (Wildman–Crippen LogP) is 1.50. The fourth-order valence-corrected chi connectivity index (χ4v) is 1.64. The second kappa shape index (κ2) is 4.54.